The molecule has 0 saturated carbocycles. The van der Waals surface area contributed by atoms with Crippen molar-refractivity contribution in [1.82, 2.24) is 4.57 Å². The van der Waals surface area contributed by atoms with Crippen LogP contribution in [0.15, 0.2) is 115 Å². The molecule has 1 saturated heterocycles. The summed E-state index contributed by atoms with van der Waals surface area (Å²) in [5.41, 5.74) is 2.43. The van der Waals surface area contributed by atoms with Gasteiger partial charge in [0.15, 0.2) is 0 Å². The standard InChI is InChI=1S/C38H36F3NO7/c1-42-20-28(36(44)38(39,40)41)32-29(42)18-11-19-30(32)48-37-33(43)35(47-23-27-16-9-4-10-17-27)34(46-22-26-14-7-3-8-15-26)31(49-37)24-45-21-25-12-5-2-6-13-25/h2-20,31,33-35,37,43H,21-24H2,1H3/t31-,33-,34-,35-,37-/m1/s1. The third-order valence-electron chi connectivity index (χ3n) is 8.30. The van der Waals surface area contributed by atoms with Crippen molar-refractivity contribution in [3.8, 4) is 5.75 Å². The summed E-state index contributed by atoms with van der Waals surface area (Å²) in [7, 11) is 1.54. The van der Waals surface area contributed by atoms with Crippen LogP contribution in [0.5, 0.6) is 5.75 Å². The molecule has 0 radical (unpaired) electrons. The zero-order chi connectivity index (χ0) is 34.4. The SMILES string of the molecule is Cn1cc(C(=O)C(F)(F)F)c2c(O[C@@H]3O[C@H](COCc4ccccc4)[C@@H](OCc4ccccc4)[C@H](OCc4ccccc4)[C@H]3O)cccc21. The summed E-state index contributed by atoms with van der Waals surface area (Å²) in [5, 5.41) is 11.7. The fourth-order valence-corrected chi connectivity index (χ4v) is 5.88. The number of ether oxygens (including phenoxy) is 5. The topological polar surface area (TPSA) is 88.4 Å². The van der Waals surface area contributed by atoms with Gasteiger partial charge in [0.2, 0.25) is 6.29 Å². The first kappa shape index (κ1) is 34.3. The number of aliphatic hydroxyl groups excluding tert-OH is 1. The maximum atomic E-state index is 13.6. The number of aliphatic hydroxyl groups is 1. The maximum absolute atomic E-state index is 13.6. The predicted octanol–water partition coefficient (Wildman–Crippen LogP) is 6.78. The minimum Gasteiger partial charge on any atom is -0.461 e. The van der Waals surface area contributed by atoms with Gasteiger partial charge in [-0.2, -0.15) is 13.2 Å². The number of carbonyl (C=O) groups is 1. The van der Waals surface area contributed by atoms with Crippen LogP contribution in [-0.2, 0) is 45.8 Å². The second-order valence-corrected chi connectivity index (χ2v) is 11.8. The second kappa shape index (κ2) is 15.4. The zero-order valence-electron chi connectivity index (χ0n) is 26.7. The number of Topliss-reactive ketones (excluding diaryl/α,β-unsaturated/α-hetero) is 1. The lowest BCUT2D eigenvalue weighted by molar-refractivity contribution is -0.299. The van der Waals surface area contributed by atoms with Gasteiger partial charge in [-0.1, -0.05) is 97.1 Å². The van der Waals surface area contributed by atoms with Crippen molar-refractivity contribution in [3.63, 3.8) is 0 Å². The third-order valence-corrected chi connectivity index (χ3v) is 8.30. The van der Waals surface area contributed by atoms with Crippen LogP contribution < -0.4 is 4.74 Å². The van der Waals surface area contributed by atoms with Crippen molar-refractivity contribution in [2.24, 2.45) is 7.05 Å². The average Bonchev–Trinajstić information content (AvgIpc) is 3.45. The Morgan fingerprint density at radius 2 is 1.33 bits per heavy atom. The van der Waals surface area contributed by atoms with E-state index < -0.39 is 48.2 Å². The molecule has 0 spiro atoms. The highest BCUT2D eigenvalue weighted by atomic mass is 19.4. The minimum absolute atomic E-state index is 0.0134. The van der Waals surface area contributed by atoms with E-state index in [-0.39, 0.29) is 37.6 Å². The molecule has 0 bridgehead atoms. The van der Waals surface area contributed by atoms with Crippen molar-refractivity contribution >= 4 is 16.7 Å². The van der Waals surface area contributed by atoms with E-state index in [1.807, 2.05) is 91.0 Å². The monoisotopic (exact) mass is 675 g/mol. The normalized spacial score (nSPS) is 21.1. The highest BCUT2D eigenvalue weighted by Crippen LogP contribution is 2.37. The van der Waals surface area contributed by atoms with E-state index in [1.54, 1.807) is 12.1 Å². The number of hydrogen-bond acceptors (Lipinski definition) is 7. The largest absolute Gasteiger partial charge is 0.461 e. The molecule has 1 aliphatic rings. The van der Waals surface area contributed by atoms with Gasteiger partial charge in [-0.15, -0.1) is 0 Å². The van der Waals surface area contributed by atoms with Gasteiger partial charge in [0, 0.05) is 13.2 Å². The summed E-state index contributed by atoms with van der Waals surface area (Å²) in [6.45, 7) is 0.581. The molecular weight excluding hydrogens is 639 g/mol. The van der Waals surface area contributed by atoms with E-state index in [9.17, 15) is 23.1 Å². The van der Waals surface area contributed by atoms with Gasteiger partial charge in [-0.05, 0) is 28.8 Å². The lowest BCUT2D eigenvalue weighted by Crippen LogP contribution is -2.61. The molecule has 0 amide bonds. The van der Waals surface area contributed by atoms with Crippen molar-refractivity contribution in [1.29, 1.82) is 0 Å². The molecule has 1 fully saturated rings. The first-order valence-electron chi connectivity index (χ1n) is 15.8. The van der Waals surface area contributed by atoms with Crippen LogP contribution in [0.25, 0.3) is 10.9 Å². The van der Waals surface area contributed by atoms with Crippen molar-refractivity contribution in [2.75, 3.05) is 6.61 Å². The molecule has 0 unspecified atom stereocenters. The summed E-state index contributed by atoms with van der Waals surface area (Å²) in [6.07, 6.45) is -9.58. The minimum atomic E-state index is -5.11. The summed E-state index contributed by atoms with van der Waals surface area (Å²) < 4.78 is 73.6. The van der Waals surface area contributed by atoms with E-state index in [4.69, 9.17) is 23.7 Å². The molecule has 2 heterocycles. The van der Waals surface area contributed by atoms with Gasteiger partial charge in [0.1, 0.15) is 30.2 Å². The number of benzene rings is 4. The fraction of sp³-hybridized carbons (Fsp3) is 0.289. The number of aryl methyl sites for hydroxylation is 1. The molecule has 49 heavy (non-hydrogen) atoms. The lowest BCUT2D eigenvalue weighted by Gasteiger charge is -2.44. The molecule has 1 aromatic heterocycles. The highest BCUT2D eigenvalue weighted by Gasteiger charge is 2.49. The summed E-state index contributed by atoms with van der Waals surface area (Å²) >= 11 is 0. The number of fused-ring (bicyclic) bond motifs is 1. The van der Waals surface area contributed by atoms with Gasteiger partial charge >= 0.3 is 6.18 Å². The number of aromatic nitrogens is 1. The summed E-state index contributed by atoms with van der Waals surface area (Å²) in [5.74, 6) is -2.07. The maximum Gasteiger partial charge on any atom is 0.454 e. The number of halogens is 3. The molecule has 0 aliphatic carbocycles. The van der Waals surface area contributed by atoms with Crippen LogP contribution in [0.2, 0.25) is 0 Å². The number of rotatable bonds is 13. The molecule has 5 atom stereocenters. The Morgan fingerprint density at radius 1 is 0.776 bits per heavy atom. The van der Waals surface area contributed by atoms with E-state index in [0.29, 0.717) is 5.52 Å². The van der Waals surface area contributed by atoms with Gasteiger partial charge in [0.05, 0.1) is 42.9 Å². The predicted molar refractivity (Wildman–Crippen MR) is 175 cm³/mol. The Morgan fingerprint density at radius 3 is 1.90 bits per heavy atom. The number of ketones is 1. The number of hydrogen-bond donors (Lipinski definition) is 1. The Hall–Kier alpha value is -4.52. The molecule has 256 valence electrons. The van der Waals surface area contributed by atoms with Crippen molar-refractivity contribution in [2.45, 2.75) is 56.7 Å². The third kappa shape index (κ3) is 8.21. The van der Waals surface area contributed by atoms with E-state index in [0.717, 1.165) is 22.9 Å². The first-order chi connectivity index (χ1) is 23.7. The Labute approximate surface area is 281 Å². The molecule has 1 N–H and O–H groups in total. The van der Waals surface area contributed by atoms with Crippen molar-refractivity contribution < 1.29 is 46.8 Å². The highest BCUT2D eigenvalue weighted by molar-refractivity contribution is 6.12. The summed E-state index contributed by atoms with van der Waals surface area (Å²) in [6, 6.07) is 33.0. The van der Waals surface area contributed by atoms with Crippen LogP contribution >= 0.6 is 0 Å². The fourth-order valence-electron chi connectivity index (χ4n) is 5.88. The van der Waals surface area contributed by atoms with Gasteiger partial charge in [-0.25, -0.2) is 0 Å². The van der Waals surface area contributed by atoms with Gasteiger partial charge < -0.3 is 33.4 Å². The Kier molecular flexibility index (Phi) is 10.8. The number of nitrogens with zero attached hydrogens (tertiary/aromatic N) is 1. The van der Waals surface area contributed by atoms with Crippen LogP contribution in [0.3, 0.4) is 0 Å². The van der Waals surface area contributed by atoms with E-state index in [1.165, 1.54) is 17.7 Å². The van der Waals surface area contributed by atoms with Crippen LogP contribution in [0, 0.1) is 0 Å². The van der Waals surface area contributed by atoms with Crippen molar-refractivity contribution in [3.05, 3.63) is 138 Å². The van der Waals surface area contributed by atoms with Gasteiger partial charge in [0.25, 0.3) is 5.78 Å². The van der Waals surface area contributed by atoms with E-state index in [2.05, 4.69) is 0 Å². The average molecular weight is 676 g/mol. The molecule has 8 nitrogen and oxygen atoms in total. The first-order valence-corrected chi connectivity index (χ1v) is 15.8. The number of alkyl halides is 3. The van der Waals surface area contributed by atoms with Crippen LogP contribution in [0.1, 0.15) is 27.0 Å². The molecule has 6 rings (SSSR count). The summed E-state index contributed by atoms with van der Waals surface area (Å²) in [4.78, 5) is 12.5. The van der Waals surface area contributed by atoms with Crippen LogP contribution in [-0.4, -0.2) is 58.9 Å². The molecule has 4 aromatic carbocycles. The Balaban J connectivity index is 1.33. The zero-order valence-corrected chi connectivity index (χ0v) is 26.7. The molecule has 11 heteroatoms. The van der Waals surface area contributed by atoms with Gasteiger partial charge in [-0.3, -0.25) is 4.79 Å². The van der Waals surface area contributed by atoms with Crippen LogP contribution in [0.4, 0.5) is 13.2 Å². The molecule has 1 aliphatic heterocycles. The molecular formula is C38H36F3NO7. The molecule has 5 aromatic rings. The lowest BCUT2D eigenvalue weighted by atomic mass is 9.98. The smallest absolute Gasteiger partial charge is 0.454 e. The van der Waals surface area contributed by atoms with E-state index >= 15 is 0 Å². The number of carbonyl (C=O) groups excluding carboxylic acids is 1. The quantitative estimate of drug-likeness (QED) is 0.138. The second-order valence-electron chi connectivity index (χ2n) is 11.8. The Bertz CT molecular complexity index is 1820.